The summed E-state index contributed by atoms with van der Waals surface area (Å²) in [6.45, 7) is 0.377. The summed E-state index contributed by atoms with van der Waals surface area (Å²) >= 11 is 3.13. The van der Waals surface area contributed by atoms with Crippen LogP contribution in [0.5, 0.6) is 0 Å². The van der Waals surface area contributed by atoms with Gasteiger partial charge in [0.1, 0.15) is 12.0 Å². The van der Waals surface area contributed by atoms with E-state index in [4.69, 9.17) is 0 Å². The van der Waals surface area contributed by atoms with Gasteiger partial charge in [0.2, 0.25) is 0 Å². The molecule has 0 aromatic carbocycles. The van der Waals surface area contributed by atoms with Crippen molar-refractivity contribution in [3.8, 4) is 0 Å². The van der Waals surface area contributed by atoms with Crippen LogP contribution in [-0.2, 0) is 6.54 Å². The van der Waals surface area contributed by atoms with Gasteiger partial charge < -0.3 is 9.84 Å². The summed E-state index contributed by atoms with van der Waals surface area (Å²) in [5.74, 6) is -0.214. The molecule has 78 valence electrons. The highest BCUT2D eigenvalue weighted by Crippen LogP contribution is 2.16. The molecule has 0 saturated heterocycles. The van der Waals surface area contributed by atoms with Crippen molar-refractivity contribution in [1.82, 2.24) is 10.1 Å². The molecule has 2 aromatic heterocycles. The number of nitrogens with zero attached hydrogens (tertiary/aromatic N) is 2. The van der Waals surface area contributed by atoms with Gasteiger partial charge in [0.15, 0.2) is 11.6 Å². The molecule has 0 fully saturated rings. The van der Waals surface area contributed by atoms with Crippen LogP contribution >= 0.6 is 15.9 Å². The second-order valence-electron chi connectivity index (χ2n) is 2.83. The molecule has 0 saturated carbocycles. The van der Waals surface area contributed by atoms with E-state index in [1.165, 1.54) is 18.5 Å². The molecule has 0 spiro atoms. The zero-order valence-corrected chi connectivity index (χ0v) is 9.16. The van der Waals surface area contributed by atoms with Crippen molar-refractivity contribution in [2.75, 3.05) is 5.32 Å². The minimum absolute atomic E-state index is 0.196. The molecule has 4 nitrogen and oxygen atoms in total. The van der Waals surface area contributed by atoms with E-state index in [0.29, 0.717) is 16.7 Å². The van der Waals surface area contributed by atoms with Crippen molar-refractivity contribution in [2.24, 2.45) is 0 Å². The summed E-state index contributed by atoms with van der Waals surface area (Å²) < 4.78 is 18.5. The van der Waals surface area contributed by atoms with E-state index in [1.54, 1.807) is 6.07 Å². The first kappa shape index (κ1) is 10.1. The lowest BCUT2D eigenvalue weighted by Gasteiger charge is -2.03. The van der Waals surface area contributed by atoms with Gasteiger partial charge in [-0.25, -0.2) is 9.37 Å². The molecule has 0 radical (unpaired) electrons. The molecule has 1 N–H and O–H groups in total. The quantitative estimate of drug-likeness (QED) is 0.933. The van der Waals surface area contributed by atoms with Gasteiger partial charge in [-0.3, -0.25) is 0 Å². The van der Waals surface area contributed by atoms with Crippen molar-refractivity contribution in [3.05, 3.63) is 40.6 Å². The zero-order valence-electron chi connectivity index (χ0n) is 7.58. The summed E-state index contributed by atoms with van der Waals surface area (Å²) in [4.78, 5) is 3.89. The normalized spacial score (nSPS) is 10.3. The second-order valence-corrected chi connectivity index (χ2v) is 3.74. The summed E-state index contributed by atoms with van der Waals surface area (Å²) in [6.07, 6.45) is 2.98. The number of nitrogens with one attached hydrogen (secondary N) is 1. The summed E-state index contributed by atoms with van der Waals surface area (Å²) in [7, 11) is 0. The molecular weight excluding hydrogens is 265 g/mol. The predicted molar refractivity (Wildman–Crippen MR) is 55.7 cm³/mol. The largest absolute Gasteiger partial charge is 0.364 e. The van der Waals surface area contributed by atoms with Gasteiger partial charge in [-0.1, -0.05) is 5.16 Å². The van der Waals surface area contributed by atoms with E-state index in [1.807, 2.05) is 0 Å². The first-order chi connectivity index (χ1) is 7.25. The molecule has 0 unspecified atom stereocenters. The van der Waals surface area contributed by atoms with Crippen LogP contribution in [0.15, 0.2) is 33.6 Å². The Labute approximate surface area is 93.6 Å². The minimum atomic E-state index is -0.409. The number of hydrogen-bond acceptors (Lipinski definition) is 4. The SMILES string of the molecule is Fc1cc(Br)cnc1NCc1ccon1. The van der Waals surface area contributed by atoms with Crippen LogP contribution in [0.2, 0.25) is 0 Å². The van der Waals surface area contributed by atoms with E-state index in [2.05, 4.69) is 35.9 Å². The third-order valence-electron chi connectivity index (χ3n) is 1.74. The summed E-state index contributed by atoms with van der Waals surface area (Å²) in [5, 5.41) is 6.49. The fraction of sp³-hybridized carbons (Fsp3) is 0.111. The lowest BCUT2D eigenvalue weighted by atomic mass is 10.4. The number of halogens is 2. The third kappa shape index (κ3) is 2.53. The van der Waals surface area contributed by atoms with Crippen molar-refractivity contribution >= 4 is 21.7 Å². The van der Waals surface area contributed by atoms with Gasteiger partial charge in [0.05, 0.1) is 6.54 Å². The molecule has 0 aliphatic carbocycles. The Balaban J connectivity index is 2.05. The number of pyridine rings is 1. The predicted octanol–water partition coefficient (Wildman–Crippen LogP) is 2.58. The average Bonchev–Trinajstić information content (AvgIpc) is 2.69. The Hall–Kier alpha value is -1.43. The molecule has 0 atom stereocenters. The van der Waals surface area contributed by atoms with Gasteiger partial charge in [0, 0.05) is 16.7 Å². The van der Waals surface area contributed by atoms with E-state index >= 15 is 0 Å². The first-order valence-electron chi connectivity index (χ1n) is 4.20. The van der Waals surface area contributed by atoms with Gasteiger partial charge >= 0.3 is 0 Å². The lowest BCUT2D eigenvalue weighted by Crippen LogP contribution is -2.03. The minimum Gasteiger partial charge on any atom is -0.364 e. The van der Waals surface area contributed by atoms with Crippen LogP contribution < -0.4 is 5.32 Å². The van der Waals surface area contributed by atoms with E-state index in [-0.39, 0.29) is 5.82 Å². The maximum absolute atomic E-state index is 13.3. The standard InChI is InChI=1S/C9H7BrFN3O/c10-6-3-8(11)9(12-4-6)13-5-7-1-2-15-14-7/h1-4H,5H2,(H,12,13). The fourth-order valence-electron chi connectivity index (χ4n) is 1.05. The summed E-state index contributed by atoms with van der Waals surface area (Å²) in [5.41, 5.74) is 0.694. The zero-order chi connectivity index (χ0) is 10.7. The van der Waals surface area contributed by atoms with Crippen LogP contribution in [0.25, 0.3) is 0 Å². The molecule has 0 aliphatic rings. The Bertz CT molecular complexity index is 447. The Morgan fingerprint density at radius 2 is 2.40 bits per heavy atom. The average molecular weight is 272 g/mol. The number of hydrogen-bond donors (Lipinski definition) is 1. The second kappa shape index (κ2) is 4.39. The first-order valence-corrected chi connectivity index (χ1v) is 4.99. The van der Waals surface area contributed by atoms with Crippen LogP contribution in [0, 0.1) is 5.82 Å². The van der Waals surface area contributed by atoms with Crippen molar-refractivity contribution in [1.29, 1.82) is 0 Å². The Kier molecular flexibility index (Phi) is 2.96. The highest BCUT2D eigenvalue weighted by atomic mass is 79.9. The van der Waals surface area contributed by atoms with Gasteiger partial charge in [0.25, 0.3) is 0 Å². The highest BCUT2D eigenvalue weighted by molar-refractivity contribution is 9.10. The van der Waals surface area contributed by atoms with Crippen molar-refractivity contribution in [2.45, 2.75) is 6.54 Å². The van der Waals surface area contributed by atoms with Crippen LogP contribution in [-0.4, -0.2) is 10.1 Å². The fourth-order valence-corrected chi connectivity index (χ4v) is 1.35. The van der Waals surface area contributed by atoms with Crippen LogP contribution in [0.3, 0.4) is 0 Å². The van der Waals surface area contributed by atoms with Crippen LogP contribution in [0.1, 0.15) is 5.69 Å². The molecule has 2 rings (SSSR count). The topological polar surface area (TPSA) is 51.0 Å². The third-order valence-corrected chi connectivity index (χ3v) is 2.17. The molecule has 0 aliphatic heterocycles. The van der Waals surface area contributed by atoms with Crippen molar-refractivity contribution in [3.63, 3.8) is 0 Å². The number of anilines is 1. The number of rotatable bonds is 3. The van der Waals surface area contributed by atoms with E-state index in [9.17, 15) is 4.39 Å². The molecule has 2 heterocycles. The van der Waals surface area contributed by atoms with Gasteiger partial charge in [-0.05, 0) is 22.0 Å². The maximum Gasteiger partial charge on any atom is 0.166 e. The van der Waals surface area contributed by atoms with Crippen molar-refractivity contribution < 1.29 is 8.91 Å². The monoisotopic (exact) mass is 271 g/mol. The molecule has 2 aromatic rings. The number of aromatic nitrogens is 2. The molecule has 0 amide bonds. The molecule has 15 heavy (non-hydrogen) atoms. The highest BCUT2D eigenvalue weighted by Gasteiger charge is 2.04. The molecular formula is C9H7BrFN3O. The molecule has 0 bridgehead atoms. The summed E-state index contributed by atoms with van der Waals surface area (Å²) in [6, 6.07) is 3.04. The maximum atomic E-state index is 13.3. The Morgan fingerprint density at radius 1 is 1.53 bits per heavy atom. The van der Waals surface area contributed by atoms with Crippen LogP contribution in [0.4, 0.5) is 10.2 Å². The van der Waals surface area contributed by atoms with E-state index in [0.717, 1.165) is 0 Å². The van der Waals surface area contributed by atoms with E-state index < -0.39 is 5.82 Å². The van der Waals surface area contributed by atoms with Gasteiger partial charge in [-0.15, -0.1) is 0 Å². The van der Waals surface area contributed by atoms with Gasteiger partial charge in [-0.2, -0.15) is 0 Å². The lowest BCUT2D eigenvalue weighted by molar-refractivity contribution is 0.412. The smallest absolute Gasteiger partial charge is 0.166 e. The Morgan fingerprint density at radius 3 is 3.07 bits per heavy atom. The molecule has 6 heteroatoms.